The van der Waals surface area contributed by atoms with Crippen molar-refractivity contribution < 1.29 is 4.79 Å². The molecule has 0 spiro atoms. The predicted molar refractivity (Wildman–Crippen MR) is 99.1 cm³/mol. The minimum Gasteiger partial charge on any atom is -0.345 e. The fraction of sp³-hybridized carbons (Fsp3) is 0.524. The number of carbonyl (C=O) groups is 1. The Morgan fingerprint density at radius 2 is 2.20 bits per heavy atom. The SMILES string of the molecule is CCCCCCN1CC2C(C1=O)C2(C)c1cccc(-c2cnc[nH]2)c1. The molecule has 1 saturated heterocycles. The van der Waals surface area contributed by atoms with Crippen LogP contribution >= 0.6 is 0 Å². The molecule has 1 aromatic heterocycles. The van der Waals surface area contributed by atoms with Crippen LogP contribution in [0.25, 0.3) is 11.3 Å². The molecule has 2 aliphatic rings. The molecule has 132 valence electrons. The average Bonchev–Trinajstić information content (AvgIpc) is 3.02. The van der Waals surface area contributed by atoms with Crippen LogP contribution in [0.4, 0.5) is 0 Å². The Morgan fingerprint density at radius 3 is 2.88 bits per heavy atom. The number of fused-ring (bicyclic) bond motifs is 1. The maximum absolute atomic E-state index is 12.8. The molecule has 3 atom stereocenters. The van der Waals surface area contributed by atoms with E-state index in [9.17, 15) is 4.79 Å². The van der Waals surface area contributed by atoms with Gasteiger partial charge in [-0.2, -0.15) is 0 Å². The minimum absolute atomic E-state index is 0.00698. The number of piperidine rings is 1. The highest BCUT2D eigenvalue weighted by Gasteiger charge is 2.70. The Morgan fingerprint density at radius 1 is 1.32 bits per heavy atom. The number of nitrogens with one attached hydrogen (secondary N) is 1. The molecule has 3 unspecified atom stereocenters. The van der Waals surface area contributed by atoms with E-state index in [2.05, 4.69) is 53.0 Å². The fourth-order valence-electron chi connectivity index (χ4n) is 4.61. The highest BCUT2D eigenvalue weighted by atomic mass is 16.2. The first-order valence-corrected chi connectivity index (χ1v) is 9.54. The molecule has 1 saturated carbocycles. The molecule has 4 rings (SSSR count). The Hall–Kier alpha value is -2.10. The molecule has 2 aromatic rings. The molecule has 2 heterocycles. The van der Waals surface area contributed by atoms with Crippen molar-refractivity contribution in [2.24, 2.45) is 11.8 Å². The van der Waals surface area contributed by atoms with E-state index in [0.717, 1.165) is 30.8 Å². The van der Waals surface area contributed by atoms with Gasteiger partial charge in [-0.15, -0.1) is 0 Å². The van der Waals surface area contributed by atoms with Crippen LogP contribution < -0.4 is 0 Å². The quantitative estimate of drug-likeness (QED) is 0.776. The summed E-state index contributed by atoms with van der Waals surface area (Å²) in [6.07, 6.45) is 8.44. The molecule has 0 bridgehead atoms. The van der Waals surface area contributed by atoms with Gasteiger partial charge in [0.15, 0.2) is 0 Å². The van der Waals surface area contributed by atoms with E-state index >= 15 is 0 Å². The number of carbonyl (C=O) groups excluding carboxylic acids is 1. The van der Waals surface area contributed by atoms with Crippen LogP contribution in [0, 0.1) is 11.8 Å². The third-order valence-corrected chi connectivity index (χ3v) is 6.28. The van der Waals surface area contributed by atoms with Crippen molar-refractivity contribution in [2.45, 2.75) is 44.9 Å². The molecule has 25 heavy (non-hydrogen) atoms. The predicted octanol–water partition coefficient (Wildman–Crippen LogP) is 4.00. The number of imidazole rings is 1. The second kappa shape index (κ2) is 6.32. The molecule has 4 nitrogen and oxygen atoms in total. The summed E-state index contributed by atoms with van der Waals surface area (Å²) in [5, 5.41) is 0. The second-order valence-electron chi connectivity index (χ2n) is 7.76. The Kier molecular flexibility index (Phi) is 4.14. The highest BCUT2D eigenvalue weighted by molar-refractivity contribution is 5.88. The molecule has 4 heteroatoms. The van der Waals surface area contributed by atoms with Gasteiger partial charge in [0, 0.05) is 18.5 Å². The largest absolute Gasteiger partial charge is 0.345 e. The Bertz CT molecular complexity index is 754. The zero-order chi connectivity index (χ0) is 17.4. The maximum atomic E-state index is 12.8. The summed E-state index contributed by atoms with van der Waals surface area (Å²) in [5.74, 6) is 1.02. The van der Waals surface area contributed by atoms with Crippen LogP contribution in [0.1, 0.15) is 45.1 Å². The summed E-state index contributed by atoms with van der Waals surface area (Å²) in [7, 11) is 0. The van der Waals surface area contributed by atoms with Crippen molar-refractivity contribution in [1.29, 1.82) is 0 Å². The second-order valence-corrected chi connectivity index (χ2v) is 7.76. The van der Waals surface area contributed by atoms with Gasteiger partial charge in [-0.1, -0.05) is 51.3 Å². The number of hydrogen-bond donors (Lipinski definition) is 1. The molecular formula is C21H27N3O. The van der Waals surface area contributed by atoms with Crippen LogP contribution in [0.2, 0.25) is 0 Å². The third-order valence-electron chi connectivity index (χ3n) is 6.28. The van der Waals surface area contributed by atoms with Crippen LogP contribution in [-0.4, -0.2) is 33.9 Å². The van der Waals surface area contributed by atoms with E-state index in [4.69, 9.17) is 0 Å². The van der Waals surface area contributed by atoms with E-state index < -0.39 is 0 Å². The van der Waals surface area contributed by atoms with Crippen LogP contribution in [0.3, 0.4) is 0 Å². The number of nitrogens with zero attached hydrogens (tertiary/aromatic N) is 2. The lowest BCUT2D eigenvalue weighted by atomic mass is 9.90. The van der Waals surface area contributed by atoms with Gasteiger partial charge < -0.3 is 9.88 Å². The zero-order valence-corrected chi connectivity index (χ0v) is 15.2. The van der Waals surface area contributed by atoms with Gasteiger partial charge in [0.1, 0.15) is 0 Å². The van der Waals surface area contributed by atoms with Gasteiger partial charge in [0.2, 0.25) is 5.91 Å². The first-order chi connectivity index (χ1) is 12.2. The Balaban J connectivity index is 1.46. The van der Waals surface area contributed by atoms with Crippen molar-refractivity contribution in [3.8, 4) is 11.3 Å². The van der Waals surface area contributed by atoms with Crippen LogP contribution in [-0.2, 0) is 10.2 Å². The molecule has 1 aliphatic heterocycles. The maximum Gasteiger partial charge on any atom is 0.226 e. The topological polar surface area (TPSA) is 49.0 Å². The van der Waals surface area contributed by atoms with E-state index in [1.165, 1.54) is 24.8 Å². The molecule has 1 amide bonds. The first-order valence-electron chi connectivity index (χ1n) is 9.54. The van der Waals surface area contributed by atoms with Crippen LogP contribution in [0.5, 0.6) is 0 Å². The lowest BCUT2D eigenvalue weighted by Gasteiger charge is -2.25. The standard InChI is InChI=1S/C21H27N3O/c1-3-4-5-6-10-24-13-17-19(20(24)25)21(17,2)16-9-7-8-15(11-16)18-12-22-14-23-18/h7-9,11-12,14,17,19H,3-6,10,13H2,1-2H3,(H,22,23). The lowest BCUT2D eigenvalue weighted by molar-refractivity contribution is -0.130. The molecule has 1 N–H and O–H groups in total. The van der Waals surface area contributed by atoms with E-state index in [0.29, 0.717) is 11.8 Å². The van der Waals surface area contributed by atoms with Crippen molar-refractivity contribution in [3.05, 3.63) is 42.4 Å². The lowest BCUT2D eigenvalue weighted by Crippen LogP contribution is -2.34. The van der Waals surface area contributed by atoms with Crippen LogP contribution in [0.15, 0.2) is 36.8 Å². The number of likely N-dealkylation sites (tertiary alicyclic amines) is 1. The summed E-state index contributed by atoms with van der Waals surface area (Å²) in [4.78, 5) is 22.2. The minimum atomic E-state index is 0.00698. The monoisotopic (exact) mass is 337 g/mol. The number of aromatic amines is 1. The average molecular weight is 337 g/mol. The van der Waals surface area contributed by atoms with Gasteiger partial charge in [-0.3, -0.25) is 4.79 Å². The van der Waals surface area contributed by atoms with Gasteiger partial charge in [0.05, 0.1) is 24.1 Å². The number of aromatic nitrogens is 2. The van der Waals surface area contributed by atoms with Gasteiger partial charge in [-0.25, -0.2) is 4.98 Å². The van der Waals surface area contributed by atoms with Gasteiger partial charge >= 0.3 is 0 Å². The summed E-state index contributed by atoms with van der Waals surface area (Å²) in [6, 6.07) is 8.60. The smallest absolute Gasteiger partial charge is 0.226 e. The van der Waals surface area contributed by atoms with E-state index in [-0.39, 0.29) is 11.3 Å². The van der Waals surface area contributed by atoms with Gasteiger partial charge in [0.25, 0.3) is 0 Å². The molecule has 1 aliphatic carbocycles. The van der Waals surface area contributed by atoms with Crippen molar-refractivity contribution in [3.63, 3.8) is 0 Å². The summed E-state index contributed by atoms with van der Waals surface area (Å²) < 4.78 is 0. The summed E-state index contributed by atoms with van der Waals surface area (Å²) in [6.45, 7) is 6.36. The third kappa shape index (κ3) is 2.68. The van der Waals surface area contributed by atoms with E-state index in [1.807, 2.05) is 6.20 Å². The fourth-order valence-corrected chi connectivity index (χ4v) is 4.61. The summed E-state index contributed by atoms with van der Waals surface area (Å²) in [5.41, 5.74) is 3.46. The summed E-state index contributed by atoms with van der Waals surface area (Å²) >= 11 is 0. The number of hydrogen-bond acceptors (Lipinski definition) is 2. The Labute approximate surface area is 149 Å². The molecule has 2 fully saturated rings. The molecular weight excluding hydrogens is 310 g/mol. The van der Waals surface area contributed by atoms with Crippen molar-refractivity contribution in [1.82, 2.24) is 14.9 Å². The number of H-pyrrole nitrogens is 1. The molecule has 0 radical (unpaired) electrons. The van der Waals surface area contributed by atoms with Crippen molar-refractivity contribution >= 4 is 5.91 Å². The normalized spacial score (nSPS) is 27.6. The number of rotatable bonds is 7. The highest BCUT2D eigenvalue weighted by Crippen LogP contribution is 2.64. The van der Waals surface area contributed by atoms with Crippen molar-refractivity contribution in [2.75, 3.05) is 13.1 Å². The van der Waals surface area contributed by atoms with E-state index in [1.54, 1.807) is 6.33 Å². The number of benzene rings is 1. The molecule has 1 aromatic carbocycles. The first kappa shape index (κ1) is 16.4. The van der Waals surface area contributed by atoms with Gasteiger partial charge in [-0.05, 0) is 29.5 Å². The number of unbranched alkanes of at least 4 members (excludes halogenated alkanes) is 3. The number of amides is 1. The zero-order valence-electron chi connectivity index (χ0n) is 15.2.